The van der Waals surface area contributed by atoms with Crippen molar-refractivity contribution in [2.24, 2.45) is 0 Å². The molecule has 1 N–H and O–H groups in total. The fourth-order valence-electron chi connectivity index (χ4n) is 3.74. The zero-order chi connectivity index (χ0) is 20.2. The van der Waals surface area contributed by atoms with Crippen LogP contribution >= 0.6 is 11.3 Å². The van der Waals surface area contributed by atoms with Crippen LogP contribution in [0.1, 0.15) is 24.8 Å². The van der Waals surface area contributed by atoms with Gasteiger partial charge >= 0.3 is 0 Å². The Morgan fingerprint density at radius 1 is 1.17 bits per heavy atom. The number of aryl methyl sites for hydroxylation is 2. The van der Waals surface area contributed by atoms with E-state index in [2.05, 4.69) is 15.2 Å². The summed E-state index contributed by atoms with van der Waals surface area (Å²) in [5.41, 5.74) is 3.02. The molecule has 3 heterocycles. The van der Waals surface area contributed by atoms with E-state index < -0.39 is 0 Å². The van der Waals surface area contributed by atoms with Crippen LogP contribution in [0.15, 0.2) is 40.8 Å². The number of benzene rings is 1. The van der Waals surface area contributed by atoms with E-state index in [0.717, 1.165) is 35.6 Å². The van der Waals surface area contributed by atoms with Crippen molar-refractivity contribution in [2.75, 3.05) is 26.2 Å². The van der Waals surface area contributed by atoms with Crippen LogP contribution in [0.4, 0.5) is 0 Å². The van der Waals surface area contributed by atoms with Crippen LogP contribution in [0.2, 0.25) is 0 Å². The number of amides is 1. The van der Waals surface area contributed by atoms with Crippen LogP contribution in [0.5, 0.6) is 0 Å². The molecule has 4 rings (SSSR count). The monoisotopic (exact) mass is 410 g/mol. The first-order valence-electron chi connectivity index (χ1n) is 10.1. The van der Waals surface area contributed by atoms with Crippen molar-refractivity contribution in [1.29, 1.82) is 0 Å². The maximum atomic E-state index is 13.0. The predicted molar refractivity (Wildman–Crippen MR) is 117 cm³/mol. The summed E-state index contributed by atoms with van der Waals surface area (Å²) in [4.78, 5) is 32.8. The first kappa shape index (κ1) is 19.8. The number of carbonyl (C=O) groups is 1. The first-order chi connectivity index (χ1) is 14.1. The van der Waals surface area contributed by atoms with Crippen LogP contribution in [0.3, 0.4) is 0 Å². The van der Waals surface area contributed by atoms with Crippen LogP contribution in [-0.4, -0.2) is 46.5 Å². The third-order valence-corrected chi connectivity index (χ3v) is 6.34. The Hall–Kier alpha value is -2.51. The molecule has 1 aliphatic heterocycles. The summed E-state index contributed by atoms with van der Waals surface area (Å²) >= 11 is 1.47. The predicted octanol–water partition coefficient (Wildman–Crippen LogP) is 3.04. The number of nitrogens with one attached hydrogen (secondary N) is 1. The molecular weight excluding hydrogens is 384 g/mol. The molecule has 152 valence electrons. The fraction of sp³-hybridized carbons (Fsp3) is 0.409. The molecule has 1 aromatic carbocycles. The largest absolute Gasteiger partial charge is 0.355 e. The minimum Gasteiger partial charge on any atom is -0.355 e. The highest BCUT2D eigenvalue weighted by Crippen LogP contribution is 2.30. The van der Waals surface area contributed by atoms with Gasteiger partial charge in [0.2, 0.25) is 5.91 Å². The second kappa shape index (κ2) is 8.88. The lowest BCUT2D eigenvalue weighted by atomic mass is 10.1. The van der Waals surface area contributed by atoms with Gasteiger partial charge in [0.05, 0.1) is 11.7 Å². The Morgan fingerprint density at radius 2 is 1.93 bits per heavy atom. The topological polar surface area (TPSA) is 67.2 Å². The van der Waals surface area contributed by atoms with E-state index >= 15 is 0 Å². The van der Waals surface area contributed by atoms with Gasteiger partial charge in [-0.3, -0.25) is 14.2 Å². The summed E-state index contributed by atoms with van der Waals surface area (Å²) in [7, 11) is 0. The second-order valence-corrected chi connectivity index (χ2v) is 8.45. The Labute approximate surface area is 174 Å². The number of hydrogen-bond donors (Lipinski definition) is 1. The van der Waals surface area contributed by atoms with E-state index in [1.807, 2.05) is 36.6 Å². The van der Waals surface area contributed by atoms with Crippen molar-refractivity contribution >= 4 is 27.5 Å². The molecule has 0 bridgehead atoms. The smallest absolute Gasteiger partial charge is 0.262 e. The number of hydrogen-bond acceptors (Lipinski definition) is 5. The molecule has 1 amide bonds. The zero-order valence-corrected chi connectivity index (χ0v) is 17.5. The first-order valence-corrected chi connectivity index (χ1v) is 11.0. The molecule has 0 unspecified atom stereocenters. The van der Waals surface area contributed by atoms with Gasteiger partial charge < -0.3 is 10.2 Å². The van der Waals surface area contributed by atoms with Crippen LogP contribution in [0, 0.1) is 6.92 Å². The van der Waals surface area contributed by atoms with Gasteiger partial charge in [0.1, 0.15) is 4.83 Å². The number of fused-ring (bicyclic) bond motifs is 1. The van der Waals surface area contributed by atoms with Crippen molar-refractivity contribution in [1.82, 2.24) is 19.8 Å². The average Bonchev–Trinajstić information content (AvgIpc) is 3.38. The fourth-order valence-corrected chi connectivity index (χ4v) is 4.65. The maximum Gasteiger partial charge on any atom is 0.262 e. The van der Waals surface area contributed by atoms with E-state index in [0.29, 0.717) is 18.5 Å². The van der Waals surface area contributed by atoms with Crippen LogP contribution in [-0.2, 0) is 11.3 Å². The Kier molecular flexibility index (Phi) is 6.06. The molecule has 2 aromatic heterocycles. The lowest BCUT2D eigenvalue weighted by Gasteiger charge is -2.14. The lowest BCUT2D eigenvalue weighted by molar-refractivity contribution is -0.121. The van der Waals surface area contributed by atoms with E-state index in [1.54, 1.807) is 10.9 Å². The molecule has 7 heteroatoms. The molecule has 29 heavy (non-hydrogen) atoms. The highest BCUT2D eigenvalue weighted by atomic mass is 32.1. The third-order valence-electron chi connectivity index (χ3n) is 5.45. The molecule has 1 fully saturated rings. The summed E-state index contributed by atoms with van der Waals surface area (Å²) < 4.78 is 1.55. The average molecular weight is 411 g/mol. The maximum absolute atomic E-state index is 13.0. The van der Waals surface area contributed by atoms with Gasteiger partial charge in [-0.05, 0) is 38.4 Å². The summed E-state index contributed by atoms with van der Waals surface area (Å²) in [5, 5.41) is 5.58. The van der Waals surface area contributed by atoms with Crippen molar-refractivity contribution in [3.05, 3.63) is 51.9 Å². The number of thiophene rings is 1. The number of nitrogens with zero attached hydrogens (tertiary/aromatic N) is 3. The second-order valence-electron chi connectivity index (χ2n) is 7.59. The molecule has 0 atom stereocenters. The van der Waals surface area contributed by atoms with Crippen LogP contribution < -0.4 is 10.9 Å². The molecule has 6 nitrogen and oxygen atoms in total. The van der Waals surface area contributed by atoms with Gasteiger partial charge in [-0.1, -0.05) is 29.8 Å². The molecule has 0 aliphatic carbocycles. The molecule has 3 aromatic rings. The number of likely N-dealkylation sites (tertiary alicyclic amines) is 1. The number of aromatic nitrogens is 2. The van der Waals surface area contributed by atoms with Gasteiger partial charge in [-0.25, -0.2) is 4.98 Å². The quantitative estimate of drug-likeness (QED) is 0.650. The Balaban J connectivity index is 1.43. The zero-order valence-electron chi connectivity index (χ0n) is 16.7. The van der Waals surface area contributed by atoms with Crippen molar-refractivity contribution in [3.8, 4) is 11.1 Å². The van der Waals surface area contributed by atoms with Gasteiger partial charge in [-0.2, -0.15) is 0 Å². The Morgan fingerprint density at radius 3 is 2.69 bits per heavy atom. The van der Waals surface area contributed by atoms with E-state index in [-0.39, 0.29) is 17.9 Å². The molecule has 0 saturated carbocycles. The van der Waals surface area contributed by atoms with Crippen molar-refractivity contribution < 1.29 is 4.79 Å². The standard InChI is InChI=1S/C22H26N4O2S/c1-16-4-6-17(7-5-16)18-14-29-21-20(18)22(28)26(15-24-21)12-8-19(27)23-9-13-25-10-2-3-11-25/h4-7,14-15H,2-3,8-13H2,1H3,(H,23,27). The number of carbonyl (C=O) groups excluding carboxylic acids is 1. The van der Waals surface area contributed by atoms with Gasteiger partial charge in [-0.15, -0.1) is 11.3 Å². The van der Waals surface area contributed by atoms with Crippen molar-refractivity contribution in [3.63, 3.8) is 0 Å². The molecule has 0 spiro atoms. The lowest BCUT2D eigenvalue weighted by Crippen LogP contribution is -2.34. The number of rotatable bonds is 7. The summed E-state index contributed by atoms with van der Waals surface area (Å²) in [6.45, 7) is 6.18. The Bertz CT molecular complexity index is 1050. The molecular formula is C22H26N4O2S. The third kappa shape index (κ3) is 4.57. The van der Waals surface area contributed by atoms with Gasteiger partial charge in [0.25, 0.3) is 5.56 Å². The van der Waals surface area contributed by atoms with E-state index in [1.165, 1.54) is 29.7 Å². The normalized spacial score (nSPS) is 14.5. The summed E-state index contributed by atoms with van der Waals surface area (Å²) in [6, 6.07) is 8.14. The highest BCUT2D eigenvalue weighted by molar-refractivity contribution is 7.17. The van der Waals surface area contributed by atoms with E-state index in [9.17, 15) is 9.59 Å². The SMILES string of the molecule is Cc1ccc(-c2csc3ncn(CCC(=O)NCCN4CCCC4)c(=O)c23)cc1. The van der Waals surface area contributed by atoms with Gasteiger partial charge in [0.15, 0.2) is 0 Å². The molecule has 1 aliphatic rings. The van der Waals surface area contributed by atoms with Crippen molar-refractivity contribution in [2.45, 2.75) is 32.7 Å². The minimum absolute atomic E-state index is 0.0275. The summed E-state index contributed by atoms with van der Waals surface area (Å²) in [6.07, 6.45) is 4.33. The molecule has 1 saturated heterocycles. The minimum atomic E-state index is -0.0864. The summed E-state index contributed by atoms with van der Waals surface area (Å²) in [5.74, 6) is -0.0275. The van der Waals surface area contributed by atoms with E-state index in [4.69, 9.17) is 0 Å². The highest BCUT2D eigenvalue weighted by Gasteiger charge is 2.14. The van der Waals surface area contributed by atoms with Crippen LogP contribution in [0.25, 0.3) is 21.3 Å². The molecule has 0 radical (unpaired) electrons. The van der Waals surface area contributed by atoms with Gasteiger partial charge in [0, 0.05) is 37.0 Å².